The molecule has 1 aliphatic rings. The molecular formula is C12H19N5O2. The molecule has 0 saturated heterocycles. The Morgan fingerprint density at radius 1 is 1.37 bits per heavy atom. The summed E-state index contributed by atoms with van der Waals surface area (Å²) in [5.74, 6) is 1.52. The van der Waals surface area contributed by atoms with Gasteiger partial charge < -0.3 is 10.6 Å². The number of nitro groups is 1. The summed E-state index contributed by atoms with van der Waals surface area (Å²) in [6.07, 6.45) is 3.58. The first-order valence-corrected chi connectivity index (χ1v) is 6.62. The Morgan fingerprint density at radius 3 is 2.68 bits per heavy atom. The number of aromatic nitrogens is 2. The molecule has 1 fully saturated rings. The van der Waals surface area contributed by atoms with Crippen molar-refractivity contribution in [1.29, 1.82) is 0 Å². The zero-order valence-electron chi connectivity index (χ0n) is 11.3. The smallest absolute Gasteiger partial charge is 0.332 e. The normalized spacial score (nSPS) is 14.2. The monoisotopic (exact) mass is 265 g/mol. The molecule has 19 heavy (non-hydrogen) atoms. The van der Waals surface area contributed by atoms with Gasteiger partial charge in [-0.2, -0.15) is 4.98 Å². The molecule has 0 amide bonds. The van der Waals surface area contributed by atoms with Crippen molar-refractivity contribution in [1.82, 2.24) is 9.97 Å². The van der Waals surface area contributed by atoms with Crippen LogP contribution in [0.15, 0.2) is 0 Å². The minimum atomic E-state index is -0.426. The van der Waals surface area contributed by atoms with Crippen LogP contribution in [0.5, 0.6) is 0 Å². The van der Waals surface area contributed by atoms with Gasteiger partial charge in [0, 0.05) is 13.1 Å². The van der Waals surface area contributed by atoms with Crippen LogP contribution in [0.3, 0.4) is 0 Å². The highest BCUT2D eigenvalue weighted by atomic mass is 16.6. The molecule has 0 spiro atoms. The molecule has 7 nitrogen and oxygen atoms in total. The predicted molar refractivity (Wildman–Crippen MR) is 73.4 cm³/mol. The second kappa shape index (κ2) is 5.81. The van der Waals surface area contributed by atoms with Crippen LogP contribution in [0.2, 0.25) is 0 Å². The molecule has 7 heteroatoms. The summed E-state index contributed by atoms with van der Waals surface area (Å²) in [7, 11) is 0. The summed E-state index contributed by atoms with van der Waals surface area (Å²) >= 11 is 0. The molecule has 2 N–H and O–H groups in total. The van der Waals surface area contributed by atoms with Crippen molar-refractivity contribution in [3.63, 3.8) is 0 Å². The van der Waals surface area contributed by atoms with Crippen molar-refractivity contribution in [2.75, 3.05) is 23.7 Å². The first-order chi connectivity index (χ1) is 9.11. The lowest BCUT2D eigenvalue weighted by molar-refractivity contribution is -0.385. The van der Waals surface area contributed by atoms with Crippen LogP contribution in [0, 0.1) is 23.0 Å². The highest BCUT2D eigenvalue weighted by Crippen LogP contribution is 2.33. The van der Waals surface area contributed by atoms with Gasteiger partial charge in [-0.05, 0) is 26.2 Å². The van der Waals surface area contributed by atoms with Crippen LogP contribution in [0.25, 0.3) is 0 Å². The van der Waals surface area contributed by atoms with Crippen LogP contribution in [-0.4, -0.2) is 28.0 Å². The van der Waals surface area contributed by atoms with Gasteiger partial charge in [0.05, 0.1) is 4.92 Å². The van der Waals surface area contributed by atoms with Crippen LogP contribution in [-0.2, 0) is 0 Å². The number of anilines is 2. The van der Waals surface area contributed by atoms with Gasteiger partial charge in [-0.15, -0.1) is 0 Å². The van der Waals surface area contributed by atoms with E-state index in [1.165, 1.54) is 12.8 Å². The van der Waals surface area contributed by atoms with E-state index in [0.29, 0.717) is 30.5 Å². The van der Waals surface area contributed by atoms with E-state index in [2.05, 4.69) is 20.6 Å². The molecule has 2 rings (SSSR count). The Balaban J connectivity index is 2.16. The standard InChI is InChI=1S/C12H19N5O2/c1-3-13-12-15-8(2)10(17(18)19)11(16-12)14-7-6-9-4-5-9/h9H,3-7H2,1-2H3,(H2,13,14,15,16). The molecule has 1 heterocycles. The fraction of sp³-hybridized carbons (Fsp3) is 0.667. The third kappa shape index (κ3) is 3.52. The van der Waals surface area contributed by atoms with E-state index in [4.69, 9.17) is 0 Å². The molecule has 104 valence electrons. The van der Waals surface area contributed by atoms with E-state index in [1.807, 2.05) is 6.92 Å². The summed E-state index contributed by atoms with van der Waals surface area (Å²) in [6.45, 7) is 4.96. The Bertz CT molecular complexity index is 473. The minimum Gasteiger partial charge on any atom is -0.364 e. The van der Waals surface area contributed by atoms with E-state index in [0.717, 1.165) is 12.3 Å². The third-order valence-electron chi connectivity index (χ3n) is 3.12. The Kier molecular flexibility index (Phi) is 4.13. The fourth-order valence-electron chi connectivity index (χ4n) is 1.95. The molecule has 0 aliphatic heterocycles. The van der Waals surface area contributed by atoms with Crippen molar-refractivity contribution in [2.45, 2.75) is 33.1 Å². The van der Waals surface area contributed by atoms with E-state index >= 15 is 0 Å². The minimum absolute atomic E-state index is 0.0301. The third-order valence-corrected chi connectivity index (χ3v) is 3.12. The van der Waals surface area contributed by atoms with Crippen LogP contribution >= 0.6 is 0 Å². The number of aryl methyl sites for hydroxylation is 1. The predicted octanol–water partition coefficient (Wildman–Crippen LogP) is 2.34. The summed E-state index contributed by atoms with van der Waals surface area (Å²) < 4.78 is 0. The number of hydrogen-bond donors (Lipinski definition) is 2. The molecule has 1 aliphatic carbocycles. The Hall–Kier alpha value is -1.92. The molecule has 0 unspecified atom stereocenters. The molecule has 0 atom stereocenters. The van der Waals surface area contributed by atoms with Crippen molar-refractivity contribution in [2.24, 2.45) is 5.92 Å². The maximum absolute atomic E-state index is 11.1. The number of nitrogens with one attached hydrogen (secondary N) is 2. The lowest BCUT2D eigenvalue weighted by Crippen LogP contribution is -2.12. The van der Waals surface area contributed by atoms with Crippen LogP contribution in [0.4, 0.5) is 17.5 Å². The number of nitrogens with zero attached hydrogens (tertiary/aromatic N) is 3. The summed E-state index contributed by atoms with van der Waals surface area (Å²) in [6, 6.07) is 0. The van der Waals surface area contributed by atoms with Gasteiger partial charge in [0.15, 0.2) is 0 Å². The summed E-state index contributed by atoms with van der Waals surface area (Å²) in [4.78, 5) is 18.9. The topological polar surface area (TPSA) is 93.0 Å². The van der Waals surface area contributed by atoms with E-state index in [9.17, 15) is 10.1 Å². The number of hydrogen-bond acceptors (Lipinski definition) is 6. The van der Waals surface area contributed by atoms with Gasteiger partial charge in [-0.25, -0.2) is 4.98 Å². The van der Waals surface area contributed by atoms with E-state index in [1.54, 1.807) is 6.92 Å². The highest BCUT2D eigenvalue weighted by Gasteiger charge is 2.24. The molecule has 0 aromatic carbocycles. The Morgan fingerprint density at radius 2 is 2.11 bits per heavy atom. The average molecular weight is 265 g/mol. The lowest BCUT2D eigenvalue weighted by atomic mass is 10.3. The average Bonchev–Trinajstić information content (AvgIpc) is 3.12. The van der Waals surface area contributed by atoms with Crippen molar-refractivity contribution < 1.29 is 4.92 Å². The summed E-state index contributed by atoms with van der Waals surface area (Å²) in [5, 5.41) is 17.1. The largest absolute Gasteiger partial charge is 0.364 e. The summed E-state index contributed by atoms with van der Waals surface area (Å²) in [5.41, 5.74) is 0.349. The van der Waals surface area contributed by atoms with E-state index < -0.39 is 4.92 Å². The van der Waals surface area contributed by atoms with E-state index in [-0.39, 0.29) is 5.69 Å². The van der Waals surface area contributed by atoms with Gasteiger partial charge in [-0.3, -0.25) is 10.1 Å². The number of rotatable bonds is 7. The highest BCUT2D eigenvalue weighted by molar-refractivity contribution is 5.60. The lowest BCUT2D eigenvalue weighted by Gasteiger charge is -2.09. The SMILES string of the molecule is CCNc1nc(C)c([N+](=O)[O-])c(NCCC2CC2)n1. The van der Waals surface area contributed by atoms with Crippen LogP contribution < -0.4 is 10.6 Å². The van der Waals surface area contributed by atoms with Gasteiger partial charge >= 0.3 is 5.69 Å². The maximum atomic E-state index is 11.1. The quantitative estimate of drug-likeness (QED) is 0.580. The molecule has 0 radical (unpaired) electrons. The zero-order chi connectivity index (χ0) is 13.8. The van der Waals surface area contributed by atoms with Gasteiger partial charge in [0.1, 0.15) is 5.69 Å². The molecule has 1 aromatic rings. The second-order valence-corrected chi connectivity index (χ2v) is 4.78. The second-order valence-electron chi connectivity index (χ2n) is 4.78. The first-order valence-electron chi connectivity index (χ1n) is 6.62. The molecular weight excluding hydrogens is 246 g/mol. The van der Waals surface area contributed by atoms with Crippen molar-refractivity contribution in [3.8, 4) is 0 Å². The van der Waals surface area contributed by atoms with Gasteiger partial charge in [0.2, 0.25) is 11.8 Å². The zero-order valence-corrected chi connectivity index (χ0v) is 11.3. The Labute approximate surface area is 112 Å². The van der Waals surface area contributed by atoms with Gasteiger partial charge in [0.25, 0.3) is 0 Å². The van der Waals surface area contributed by atoms with Crippen molar-refractivity contribution in [3.05, 3.63) is 15.8 Å². The first kappa shape index (κ1) is 13.5. The van der Waals surface area contributed by atoms with Crippen LogP contribution in [0.1, 0.15) is 31.9 Å². The van der Waals surface area contributed by atoms with Gasteiger partial charge in [-0.1, -0.05) is 12.8 Å². The molecule has 1 aromatic heterocycles. The van der Waals surface area contributed by atoms with Crippen molar-refractivity contribution >= 4 is 17.5 Å². The molecule has 1 saturated carbocycles. The maximum Gasteiger partial charge on any atom is 0.332 e. The fourth-order valence-corrected chi connectivity index (χ4v) is 1.95. The molecule has 0 bridgehead atoms.